The van der Waals surface area contributed by atoms with E-state index in [1.54, 1.807) is 40.9 Å². The number of nitrogens with zero attached hydrogens (tertiary/aromatic N) is 3. The summed E-state index contributed by atoms with van der Waals surface area (Å²) in [5, 5.41) is 13.4. The van der Waals surface area contributed by atoms with Crippen molar-refractivity contribution < 1.29 is 9.90 Å². The van der Waals surface area contributed by atoms with Crippen molar-refractivity contribution in [3.63, 3.8) is 0 Å². The van der Waals surface area contributed by atoms with Crippen LogP contribution < -0.4 is 4.90 Å². The highest BCUT2D eigenvalue weighted by Crippen LogP contribution is 2.32. The maximum atomic E-state index is 11.1. The lowest BCUT2D eigenvalue weighted by atomic mass is 9.94. The van der Waals surface area contributed by atoms with Crippen LogP contribution in [0.15, 0.2) is 29.8 Å². The number of aromatic carboxylic acids is 1. The summed E-state index contributed by atoms with van der Waals surface area (Å²) in [6.07, 6.45) is 5.25. The number of hydrogen-bond donors (Lipinski definition) is 1. The molecular weight excluding hydrogens is 342 g/mol. The lowest BCUT2D eigenvalue weighted by molar-refractivity contribution is 0.0697. The Bertz CT molecular complexity index is 852. The monoisotopic (exact) mass is 359 g/mol. The first-order chi connectivity index (χ1) is 11.7. The van der Waals surface area contributed by atoms with E-state index in [1.807, 2.05) is 11.6 Å². The van der Waals surface area contributed by atoms with Crippen LogP contribution in [-0.2, 0) is 6.42 Å². The normalized spacial score (nSPS) is 15.9. The van der Waals surface area contributed by atoms with Crippen LogP contribution in [0.25, 0.3) is 10.2 Å². The van der Waals surface area contributed by atoms with E-state index in [-0.39, 0.29) is 0 Å². The topological polar surface area (TPSA) is 66.3 Å². The molecule has 0 unspecified atom stereocenters. The first-order valence-corrected chi connectivity index (χ1v) is 9.66. The molecule has 1 N–H and O–H groups in total. The molecule has 7 heteroatoms. The van der Waals surface area contributed by atoms with Crippen LogP contribution in [0, 0.1) is 5.92 Å². The minimum atomic E-state index is -0.894. The zero-order valence-corrected chi connectivity index (χ0v) is 14.6. The van der Waals surface area contributed by atoms with Crippen molar-refractivity contribution in [2.45, 2.75) is 19.3 Å². The molecule has 0 atom stereocenters. The smallest absolute Gasteiger partial charge is 0.335 e. The van der Waals surface area contributed by atoms with Crippen LogP contribution in [0.5, 0.6) is 0 Å². The highest BCUT2D eigenvalue weighted by atomic mass is 32.1. The maximum absolute atomic E-state index is 11.1. The van der Waals surface area contributed by atoms with Gasteiger partial charge in [0.15, 0.2) is 5.13 Å². The Morgan fingerprint density at radius 1 is 1.33 bits per heavy atom. The average molecular weight is 359 g/mol. The average Bonchev–Trinajstić information content (AvgIpc) is 3.23. The predicted molar refractivity (Wildman–Crippen MR) is 97.3 cm³/mol. The Hall–Kier alpha value is -1.99. The number of anilines is 1. The van der Waals surface area contributed by atoms with E-state index in [9.17, 15) is 4.79 Å². The predicted octanol–water partition coefficient (Wildman–Crippen LogP) is 3.91. The molecule has 1 aliphatic heterocycles. The third-order valence-corrected chi connectivity index (χ3v) is 6.34. The fourth-order valence-electron chi connectivity index (χ4n) is 3.11. The van der Waals surface area contributed by atoms with Gasteiger partial charge in [0, 0.05) is 31.1 Å². The van der Waals surface area contributed by atoms with Crippen molar-refractivity contribution in [2.75, 3.05) is 18.0 Å². The van der Waals surface area contributed by atoms with Crippen LogP contribution in [0.3, 0.4) is 0 Å². The number of fused-ring (bicyclic) bond motifs is 1. The number of aromatic nitrogens is 2. The van der Waals surface area contributed by atoms with E-state index < -0.39 is 5.97 Å². The highest BCUT2D eigenvalue weighted by Gasteiger charge is 2.22. The molecule has 1 saturated heterocycles. The molecule has 3 heterocycles. The number of carbonyl (C=O) groups is 1. The molecule has 0 saturated carbocycles. The second kappa shape index (κ2) is 6.49. The quantitative estimate of drug-likeness (QED) is 0.765. The van der Waals surface area contributed by atoms with Gasteiger partial charge in [-0.1, -0.05) is 11.3 Å². The summed E-state index contributed by atoms with van der Waals surface area (Å²) < 4.78 is 0.940. The Morgan fingerprint density at radius 2 is 2.17 bits per heavy atom. The standard InChI is InChI=1S/C17H17N3O2S2/c21-16(22)12-1-2-13-14(10-12)24-17(19-13)20-6-3-11(4-7-20)9-15-18-5-8-23-15/h1-2,5,8,10-11H,3-4,6-7,9H2,(H,21,22). The SMILES string of the molecule is O=C(O)c1ccc2nc(N3CCC(Cc4nccs4)CC3)sc2c1. The lowest BCUT2D eigenvalue weighted by Gasteiger charge is -2.31. The van der Waals surface area contributed by atoms with Crippen molar-refractivity contribution in [3.8, 4) is 0 Å². The number of piperidine rings is 1. The first-order valence-electron chi connectivity index (χ1n) is 7.96. The molecule has 1 aromatic carbocycles. The van der Waals surface area contributed by atoms with Crippen LogP contribution in [0.4, 0.5) is 5.13 Å². The summed E-state index contributed by atoms with van der Waals surface area (Å²) in [6, 6.07) is 5.14. The second-order valence-corrected chi connectivity index (χ2v) is 8.03. The minimum Gasteiger partial charge on any atom is -0.478 e. The van der Waals surface area contributed by atoms with Crippen LogP contribution in [0.1, 0.15) is 28.2 Å². The molecule has 0 aliphatic carbocycles. The lowest BCUT2D eigenvalue weighted by Crippen LogP contribution is -2.34. The molecule has 4 rings (SSSR count). The zero-order valence-electron chi connectivity index (χ0n) is 13.0. The molecule has 5 nitrogen and oxygen atoms in total. The van der Waals surface area contributed by atoms with E-state index in [0.29, 0.717) is 11.5 Å². The summed E-state index contributed by atoms with van der Waals surface area (Å²) in [6.45, 7) is 2.00. The van der Waals surface area contributed by atoms with Crippen molar-refractivity contribution >= 4 is 44.0 Å². The van der Waals surface area contributed by atoms with E-state index in [1.165, 1.54) is 5.01 Å². The maximum Gasteiger partial charge on any atom is 0.335 e. The summed E-state index contributed by atoms with van der Waals surface area (Å²) in [5.74, 6) is -0.199. The first kappa shape index (κ1) is 15.5. The van der Waals surface area contributed by atoms with Crippen molar-refractivity contribution in [1.82, 2.24) is 9.97 Å². The van der Waals surface area contributed by atoms with Crippen molar-refractivity contribution in [1.29, 1.82) is 0 Å². The molecule has 24 heavy (non-hydrogen) atoms. The minimum absolute atomic E-state index is 0.319. The van der Waals surface area contributed by atoms with Gasteiger partial charge in [0.05, 0.1) is 20.8 Å². The van der Waals surface area contributed by atoms with Gasteiger partial charge in [-0.05, 0) is 37.0 Å². The van der Waals surface area contributed by atoms with Gasteiger partial charge in [0.1, 0.15) is 0 Å². The molecule has 3 aromatic rings. The highest BCUT2D eigenvalue weighted by molar-refractivity contribution is 7.22. The summed E-state index contributed by atoms with van der Waals surface area (Å²) >= 11 is 3.32. The second-order valence-electron chi connectivity index (χ2n) is 6.04. The number of thiazole rings is 2. The van der Waals surface area contributed by atoms with E-state index >= 15 is 0 Å². The van der Waals surface area contributed by atoms with Gasteiger partial charge in [-0.15, -0.1) is 11.3 Å². The van der Waals surface area contributed by atoms with Gasteiger partial charge in [-0.3, -0.25) is 0 Å². The molecule has 0 amide bonds. The molecular formula is C17H17N3O2S2. The summed E-state index contributed by atoms with van der Waals surface area (Å²) in [4.78, 5) is 22.5. The fourth-order valence-corrected chi connectivity index (χ4v) is 4.90. The van der Waals surface area contributed by atoms with E-state index in [0.717, 1.165) is 47.7 Å². The summed E-state index contributed by atoms with van der Waals surface area (Å²) in [5.41, 5.74) is 1.20. The largest absolute Gasteiger partial charge is 0.478 e. The third kappa shape index (κ3) is 3.14. The number of carboxylic acid groups (broad SMARTS) is 1. The van der Waals surface area contributed by atoms with Crippen LogP contribution >= 0.6 is 22.7 Å². The Labute approximate surface area is 147 Å². The Morgan fingerprint density at radius 3 is 2.88 bits per heavy atom. The molecule has 124 valence electrons. The van der Waals surface area contributed by atoms with Gasteiger partial charge < -0.3 is 10.0 Å². The van der Waals surface area contributed by atoms with Crippen LogP contribution in [-0.4, -0.2) is 34.1 Å². The number of hydrogen-bond acceptors (Lipinski definition) is 6. The Balaban J connectivity index is 1.45. The fraction of sp³-hybridized carbons (Fsp3) is 0.353. The third-order valence-electron chi connectivity index (χ3n) is 4.46. The molecule has 2 aromatic heterocycles. The number of carboxylic acids is 1. The van der Waals surface area contributed by atoms with E-state index in [4.69, 9.17) is 5.11 Å². The van der Waals surface area contributed by atoms with E-state index in [2.05, 4.69) is 14.9 Å². The van der Waals surface area contributed by atoms with Gasteiger partial charge in [-0.2, -0.15) is 0 Å². The van der Waals surface area contributed by atoms with Crippen LogP contribution in [0.2, 0.25) is 0 Å². The molecule has 0 spiro atoms. The molecule has 0 radical (unpaired) electrons. The summed E-state index contributed by atoms with van der Waals surface area (Å²) in [7, 11) is 0. The number of benzene rings is 1. The van der Waals surface area contributed by atoms with Gasteiger partial charge in [0.25, 0.3) is 0 Å². The molecule has 0 bridgehead atoms. The Kier molecular flexibility index (Phi) is 4.20. The molecule has 1 aliphatic rings. The zero-order chi connectivity index (χ0) is 16.5. The van der Waals surface area contributed by atoms with Gasteiger partial charge in [0.2, 0.25) is 0 Å². The molecule has 1 fully saturated rings. The number of rotatable bonds is 4. The van der Waals surface area contributed by atoms with Crippen molar-refractivity contribution in [2.24, 2.45) is 5.92 Å². The van der Waals surface area contributed by atoms with Gasteiger partial charge in [-0.25, -0.2) is 14.8 Å². The van der Waals surface area contributed by atoms with Gasteiger partial charge >= 0.3 is 5.97 Å². The van der Waals surface area contributed by atoms with Crippen molar-refractivity contribution in [3.05, 3.63) is 40.3 Å².